The summed E-state index contributed by atoms with van der Waals surface area (Å²) in [5, 5.41) is 13.4. The van der Waals surface area contributed by atoms with Crippen molar-refractivity contribution < 1.29 is 14.7 Å². The normalized spacial score (nSPS) is 12.1. The van der Waals surface area contributed by atoms with Crippen LogP contribution in [0.25, 0.3) is 0 Å². The first-order chi connectivity index (χ1) is 8.65. The molecular formula is C12H17NO3S2. The van der Waals surface area contributed by atoms with Gasteiger partial charge in [0, 0.05) is 4.88 Å². The lowest BCUT2D eigenvalue weighted by atomic mass is 10.2. The van der Waals surface area contributed by atoms with Crippen molar-refractivity contribution in [1.82, 2.24) is 5.32 Å². The summed E-state index contributed by atoms with van der Waals surface area (Å²) in [5.41, 5.74) is 0. The van der Waals surface area contributed by atoms with Gasteiger partial charge in [0.25, 0.3) is 0 Å². The zero-order chi connectivity index (χ0) is 13.4. The summed E-state index contributed by atoms with van der Waals surface area (Å²) in [6, 6.07) is 2.57. The van der Waals surface area contributed by atoms with Crippen LogP contribution in [0.4, 0.5) is 0 Å². The number of carboxylic acid groups (broad SMARTS) is 1. The van der Waals surface area contributed by atoms with Gasteiger partial charge in [-0.05, 0) is 23.6 Å². The fourth-order valence-electron chi connectivity index (χ4n) is 1.32. The third-order valence-corrected chi connectivity index (χ3v) is 4.24. The lowest BCUT2D eigenvalue weighted by Crippen LogP contribution is -2.34. The van der Waals surface area contributed by atoms with Gasteiger partial charge in [0.05, 0.1) is 5.75 Å². The Morgan fingerprint density at radius 1 is 1.56 bits per heavy atom. The molecule has 4 nitrogen and oxygen atoms in total. The highest BCUT2D eigenvalue weighted by Crippen LogP contribution is 2.19. The molecule has 0 spiro atoms. The van der Waals surface area contributed by atoms with Gasteiger partial charge >= 0.3 is 5.97 Å². The molecule has 0 aliphatic rings. The largest absolute Gasteiger partial charge is 0.479 e. The Morgan fingerprint density at radius 2 is 2.33 bits per heavy atom. The van der Waals surface area contributed by atoms with Crippen LogP contribution in [-0.4, -0.2) is 28.5 Å². The number of carbonyl (C=O) groups is 2. The molecule has 18 heavy (non-hydrogen) atoms. The number of hydrogen-bond acceptors (Lipinski definition) is 4. The summed E-state index contributed by atoms with van der Waals surface area (Å²) in [6.07, 6.45) is 2.17. The molecule has 1 amide bonds. The summed E-state index contributed by atoms with van der Waals surface area (Å²) in [6.45, 7) is 2.10. The summed E-state index contributed by atoms with van der Waals surface area (Å²) < 4.78 is 0. The SMILES string of the molecule is CCCCSCC(=O)NC(C(=O)O)c1cccs1. The van der Waals surface area contributed by atoms with E-state index in [-0.39, 0.29) is 5.91 Å². The van der Waals surface area contributed by atoms with Crippen LogP contribution in [0, 0.1) is 0 Å². The van der Waals surface area contributed by atoms with E-state index in [0.717, 1.165) is 18.6 Å². The molecule has 1 aromatic heterocycles. The molecule has 0 aliphatic carbocycles. The van der Waals surface area contributed by atoms with Gasteiger partial charge in [-0.25, -0.2) is 4.79 Å². The van der Waals surface area contributed by atoms with Crippen LogP contribution in [0.3, 0.4) is 0 Å². The number of thioether (sulfide) groups is 1. The monoisotopic (exact) mass is 287 g/mol. The molecule has 0 saturated heterocycles. The van der Waals surface area contributed by atoms with Crippen LogP contribution in [0.2, 0.25) is 0 Å². The second-order valence-corrected chi connectivity index (χ2v) is 5.84. The number of carboxylic acids is 1. The fraction of sp³-hybridized carbons (Fsp3) is 0.500. The van der Waals surface area contributed by atoms with E-state index >= 15 is 0 Å². The van der Waals surface area contributed by atoms with E-state index in [9.17, 15) is 9.59 Å². The minimum absolute atomic E-state index is 0.225. The van der Waals surface area contributed by atoms with Crippen LogP contribution in [-0.2, 0) is 9.59 Å². The van der Waals surface area contributed by atoms with Crippen molar-refractivity contribution in [3.8, 4) is 0 Å². The van der Waals surface area contributed by atoms with Crippen LogP contribution >= 0.6 is 23.1 Å². The van der Waals surface area contributed by atoms with Crippen molar-refractivity contribution in [2.45, 2.75) is 25.8 Å². The Hall–Kier alpha value is -1.01. The van der Waals surface area contributed by atoms with Gasteiger partial charge in [-0.15, -0.1) is 11.3 Å². The van der Waals surface area contributed by atoms with E-state index in [0.29, 0.717) is 10.6 Å². The van der Waals surface area contributed by atoms with Crippen molar-refractivity contribution in [2.75, 3.05) is 11.5 Å². The van der Waals surface area contributed by atoms with E-state index in [1.54, 1.807) is 17.5 Å². The molecule has 0 radical (unpaired) electrons. The van der Waals surface area contributed by atoms with Gasteiger partial charge in [0.1, 0.15) is 0 Å². The van der Waals surface area contributed by atoms with Crippen LogP contribution in [0.15, 0.2) is 17.5 Å². The molecule has 1 rings (SSSR count). The van der Waals surface area contributed by atoms with Crippen LogP contribution in [0.5, 0.6) is 0 Å². The predicted octanol–water partition coefficient (Wildman–Crippen LogP) is 2.52. The number of amides is 1. The Balaban J connectivity index is 2.42. The molecule has 0 fully saturated rings. The molecule has 0 aliphatic heterocycles. The Bertz CT molecular complexity index is 379. The van der Waals surface area contributed by atoms with E-state index in [1.807, 2.05) is 0 Å². The second-order valence-electron chi connectivity index (χ2n) is 3.76. The predicted molar refractivity (Wildman–Crippen MR) is 75.1 cm³/mol. The van der Waals surface area contributed by atoms with Gasteiger partial charge in [0.2, 0.25) is 5.91 Å². The zero-order valence-corrected chi connectivity index (χ0v) is 11.9. The van der Waals surface area contributed by atoms with Gasteiger partial charge in [-0.1, -0.05) is 19.4 Å². The molecule has 1 atom stereocenters. The standard InChI is InChI=1S/C12H17NO3S2/c1-2-3-6-17-8-10(14)13-11(12(15)16)9-5-4-7-18-9/h4-5,7,11H,2-3,6,8H2,1H3,(H,13,14)(H,15,16). The summed E-state index contributed by atoms with van der Waals surface area (Å²) >= 11 is 2.87. The Morgan fingerprint density at radius 3 is 2.89 bits per heavy atom. The topological polar surface area (TPSA) is 66.4 Å². The fourth-order valence-corrected chi connectivity index (χ4v) is 3.00. The van der Waals surface area contributed by atoms with Crippen LogP contribution in [0.1, 0.15) is 30.7 Å². The molecule has 0 aromatic carbocycles. The Kier molecular flexibility index (Phi) is 6.82. The van der Waals surface area contributed by atoms with E-state index in [1.165, 1.54) is 23.1 Å². The summed E-state index contributed by atoms with van der Waals surface area (Å²) in [7, 11) is 0. The van der Waals surface area contributed by atoms with Crippen LogP contribution < -0.4 is 5.32 Å². The number of hydrogen-bond donors (Lipinski definition) is 2. The first-order valence-corrected chi connectivity index (χ1v) is 7.82. The minimum atomic E-state index is -1.02. The van der Waals surface area contributed by atoms with Crippen molar-refractivity contribution in [3.05, 3.63) is 22.4 Å². The van der Waals surface area contributed by atoms with Gasteiger partial charge in [0.15, 0.2) is 6.04 Å². The third-order valence-electron chi connectivity index (χ3n) is 2.26. The minimum Gasteiger partial charge on any atom is -0.479 e. The maximum atomic E-state index is 11.6. The maximum absolute atomic E-state index is 11.6. The van der Waals surface area contributed by atoms with Crippen molar-refractivity contribution in [2.24, 2.45) is 0 Å². The lowest BCUT2D eigenvalue weighted by Gasteiger charge is -2.12. The quantitative estimate of drug-likeness (QED) is 0.721. The van der Waals surface area contributed by atoms with Gasteiger partial charge < -0.3 is 10.4 Å². The first kappa shape index (κ1) is 15.0. The molecule has 6 heteroatoms. The molecule has 0 saturated carbocycles. The first-order valence-electron chi connectivity index (χ1n) is 5.78. The molecule has 0 bridgehead atoms. The average molecular weight is 287 g/mol. The number of thiophene rings is 1. The molecule has 2 N–H and O–H groups in total. The highest BCUT2D eigenvalue weighted by atomic mass is 32.2. The van der Waals surface area contributed by atoms with Gasteiger partial charge in [-0.2, -0.15) is 11.8 Å². The van der Waals surface area contributed by atoms with Crippen molar-refractivity contribution >= 4 is 35.0 Å². The van der Waals surface area contributed by atoms with Crippen molar-refractivity contribution in [3.63, 3.8) is 0 Å². The summed E-state index contributed by atoms with van der Waals surface area (Å²) in [4.78, 5) is 23.4. The lowest BCUT2D eigenvalue weighted by molar-refractivity contribution is -0.141. The summed E-state index contributed by atoms with van der Waals surface area (Å²) in [5.74, 6) is -0.00298. The zero-order valence-electron chi connectivity index (χ0n) is 10.2. The third kappa shape index (κ3) is 5.10. The highest BCUT2D eigenvalue weighted by molar-refractivity contribution is 7.99. The molecule has 1 unspecified atom stereocenters. The van der Waals surface area contributed by atoms with Gasteiger partial charge in [-0.3, -0.25) is 4.79 Å². The van der Waals surface area contributed by atoms with Crippen molar-refractivity contribution in [1.29, 1.82) is 0 Å². The molecule has 1 heterocycles. The van der Waals surface area contributed by atoms with E-state index in [2.05, 4.69) is 12.2 Å². The number of unbranched alkanes of at least 4 members (excludes halogenated alkanes) is 1. The smallest absolute Gasteiger partial charge is 0.331 e. The number of carbonyl (C=O) groups excluding carboxylic acids is 1. The molecule has 1 aromatic rings. The number of nitrogens with one attached hydrogen (secondary N) is 1. The van der Waals surface area contributed by atoms with E-state index < -0.39 is 12.0 Å². The average Bonchev–Trinajstić information content (AvgIpc) is 2.85. The highest BCUT2D eigenvalue weighted by Gasteiger charge is 2.22. The number of aliphatic carboxylic acids is 1. The maximum Gasteiger partial charge on any atom is 0.331 e. The number of rotatable bonds is 8. The molecular weight excluding hydrogens is 270 g/mol. The molecule has 100 valence electrons. The Labute approximate surface area is 115 Å². The van der Waals surface area contributed by atoms with E-state index in [4.69, 9.17) is 5.11 Å². The second kappa shape index (κ2) is 8.16.